The average molecular weight is 442 g/mol. The molecule has 2 aromatic rings. The number of anilines is 2. The van der Waals surface area contributed by atoms with Crippen LogP contribution in [-0.4, -0.2) is 78.5 Å². The molecule has 0 unspecified atom stereocenters. The number of aromatic nitrogens is 4. The molecule has 2 aromatic heterocycles. The summed E-state index contributed by atoms with van der Waals surface area (Å²) in [7, 11) is 6.17. The third-order valence-corrected chi connectivity index (χ3v) is 6.10. The van der Waals surface area contributed by atoms with Crippen LogP contribution in [0, 0.1) is 19.8 Å². The van der Waals surface area contributed by atoms with Crippen LogP contribution in [0.25, 0.3) is 0 Å². The van der Waals surface area contributed by atoms with Gasteiger partial charge in [0.25, 0.3) is 0 Å². The maximum Gasteiger partial charge on any atom is 0.225 e. The summed E-state index contributed by atoms with van der Waals surface area (Å²) in [5.74, 6) is 3.09. The van der Waals surface area contributed by atoms with Crippen molar-refractivity contribution in [2.24, 2.45) is 5.92 Å². The lowest BCUT2D eigenvalue weighted by Crippen LogP contribution is -2.44. The molecule has 0 amide bonds. The van der Waals surface area contributed by atoms with Gasteiger partial charge in [-0.15, -0.1) is 5.10 Å². The van der Waals surface area contributed by atoms with Crippen LogP contribution >= 0.6 is 0 Å². The van der Waals surface area contributed by atoms with Gasteiger partial charge in [-0.25, -0.2) is 9.97 Å². The van der Waals surface area contributed by atoms with Gasteiger partial charge in [0.1, 0.15) is 12.4 Å². The van der Waals surface area contributed by atoms with E-state index in [0.717, 1.165) is 67.8 Å². The quantitative estimate of drug-likeness (QED) is 0.588. The van der Waals surface area contributed by atoms with Crippen molar-refractivity contribution in [3.8, 4) is 5.75 Å². The molecule has 1 aliphatic rings. The summed E-state index contributed by atoms with van der Waals surface area (Å²) in [6, 6.07) is 2.39. The van der Waals surface area contributed by atoms with Crippen molar-refractivity contribution in [1.82, 2.24) is 25.1 Å². The molecule has 0 bridgehead atoms. The molecule has 8 nitrogen and oxygen atoms in total. The minimum absolute atomic E-state index is 0.403. The number of rotatable bonds is 9. The van der Waals surface area contributed by atoms with E-state index in [1.54, 1.807) is 6.20 Å². The zero-order valence-corrected chi connectivity index (χ0v) is 20.8. The summed E-state index contributed by atoms with van der Waals surface area (Å²) in [5, 5.41) is 8.49. The van der Waals surface area contributed by atoms with Gasteiger partial charge in [0.2, 0.25) is 5.95 Å². The van der Waals surface area contributed by atoms with E-state index in [0.29, 0.717) is 18.6 Å². The van der Waals surface area contributed by atoms with Gasteiger partial charge in [-0.05, 0) is 58.7 Å². The molecule has 0 N–H and O–H groups in total. The maximum atomic E-state index is 5.83. The Labute approximate surface area is 193 Å². The lowest BCUT2D eigenvalue weighted by molar-refractivity contribution is 0.260. The average Bonchev–Trinajstić information content (AvgIpc) is 2.75. The summed E-state index contributed by atoms with van der Waals surface area (Å²) in [6.07, 6.45) is 4.77. The highest BCUT2D eigenvalue weighted by Crippen LogP contribution is 2.26. The Balaban J connectivity index is 1.60. The summed E-state index contributed by atoms with van der Waals surface area (Å²) in [4.78, 5) is 16.3. The van der Waals surface area contributed by atoms with Crippen LogP contribution in [0.15, 0.2) is 12.3 Å². The summed E-state index contributed by atoms with van der Waals surface area (Å²) in [5.41, 5.74) is 3.52. The molecule has 0 aromatic carbocycles. The molecule has 0 spiro atoms. The first-order valence-corrected chi connectivity index (χ1v) is 11.7. The second-order valence-electron chi connectivity index (χ2n) is 9.50. The highest BCUT2D eigenvalue weighted by molar-refractivity contribution is 5.43. The van der Waals surface area contributed by atoms with E-state index < -0.39 is 0 Å². The lowest BCUT2D eigenvalue weighted by Gasteiger charge is -2.37. The fourth-order valence-electron chi connectivity index (χ4n) is 4.14. The molecular formula is C24H39N7O. The van der Waals surface area contributed by atoms with Crippen molar-refractivity contribution in [2.45, 2.75) is 53.0 Å². The second kappa shape index (κ2) is 10.9. The molecule has 0 atom stereocenters. The number of hydrogen-bond donors (Lipinski definition) is 0. The monoisotopic (exact) mass is 441 g/mol. The summed E-state index contributed by atoms with van der Waals surface area (Å²) >= 11 is 0. The number of aryl methyl sites for hydroxylation is 2. The SMILES string of the molecule is Cc1nc(N2CCC(N(C)c3cc(OCCN(C)C)cnn3)CC2)nc(C)c1CC(C)C. The van der Waals surface area contributed by atoms with Crippen molar-refractivity contribution in [1.29, 1.82) is 0 Å². The Hall–Kier alpha value is -2.48. The Morgan fingerprint density at radius 2 is 1.75 bits per heavy atom. The van der Waals surface area contributed by atoms with Crippen molar-refractivity contribution in [2.75, 3.05) is 57.2 Å². The number of likely N-dealkylation sites (N-methyl/N-ethyl adjacent to an activating group) is 1. The van der Waals surface area contributed by atoms with E-state index in [-0.39, 0.29) is 0 Å². The predicted molar refractivity (Wildman–Crippen MR) is 130 cm³/mol. The van der Waals surface area contributed by atoms with Gasteiger partial charge in [0.05, 0.1) is 6.20 Å². The molecule has 1 saturated heterocycles. The van der Waals surface area contributed by atoms with Gasteiger partial charge in [-0.2, -0.15) is 5.10 Å². The first-order valence-electron chi connectivity index (χ1n) is 11.7. The largest absolute Gasteiger partial charge is 0.490 e. The Morgan fingerprint density at radius 3 is 2.34 bits per heavy atom. The molecule has 0 aliphatic carbocycles. The minimum atomic E-state index is 0.403. The van der Waals surface area contributed by atoms with Crippen LogP contribution in [0.1, 0.15) is 43.6 Å². The topological polar surface area (TPSA) is 70.5 Å². The molecule has 0 saturated carbocycles. The standard InChI is InChI=1S/C24H39N7O/c1-17(2)14-22-18(3)26-24(27-19(22)4)31-10-8-20(9-11-31)30(7)23-15-21(16-25-28-23)32-13-12-29(5)6/h15-17,20H,8-14H2,1-7H3. The molecule has 0 radical (unpaired) electrons. The van der Waals surface area contributed by atoms with Gasteiger partial charge < -0.3 is 19.4 Å². The van der Waals surface area contributed by atoms with E-state index in [4.69, 9.17) is 14.7 Å². The van der Waals surface area contributed by atoms with Crippen LogP contribution in [0.5, 0.6) is 5.75 Å². The smallest absolute Gasteiger partial charge is 0.225 e. The highest BCUT2D eigenvalue weighted by Gasteiger charge is 2.26. The van der Waals surface area contributed by atoms with Gasteiger partial charge in [0, 0.05) is 50.2 Å². The second-order valence-corrected chi connectivity index (χ2v) is 9.50. The Morgan fingerprint density at radius 1 is 1.09 bits per heavy atom. The van der Waals surface area contributed by atoms with Crippen LogP contribution in [-0.2, 0) is 6.42 Å². The third-order valence-electron chi connectivity index (χ3n) is 6.10. The normalized spacial score (nSPS) is 15.0. The minimum Gasteiger partial charge on any atom is -0.490 e. The van der Waals surface area contributed by atoms with Crippen molar-refractivity contribution in [3.05, 3.63) is 29.2 Å². The van der Waals surface area contributed by atoms with Crippen molar-refractivity contribution >= 4 is 11.8 Å². The van der Waals surface area contributed by atoms with Crippen LogP contribution in [0.4, 0.5) is 11.8 Å². The molecule has 3 heterocycles. The molecule has 176 valence electrons. The van der Waals surface area contributed by atoms with Crippen LogP contribution in [0.2, 0.25) is 0 Å². The number of hydrogen-bond acceptors (Lipinski definition) is 8. The fourth-order valence-corrected chi connectivity index (χ4v) is 4.14. The van der Waals surface area contributed by atoms with Gasteiger partial charge in [-0.1, -0.05) is 13.8 Å². The number of ether oxygens (including phenoxy) is 1. The van der Waals surface area contributed by atoms with Gasteiger partial charge in [0.15, 0.2) is 5.82 Å². The summed E-state index contributed by atoms with van der Waals surface area (Å²) < 4.78 is 5.83. The van der Waals surface area contributed by atoms with E-state index in [9.17, 15) is 0 Å². The summed E-state index contributed by atoms with van der Waals surface area (Å²) in [6.45, 7) is 12.1. The molecule has 8 heteroatoms. The molecule has 32 heavy (non-hydrogen) atoms. The van der Waals surface area contributed by atoms with Crippen molar-refractivity contribution < 1.29 is 4.74 Å². The zero-order valence-electron chi connectivity index (χ0n) is 20.8. The van der Waals surface area contributed by atoms with Crippen LogP contribution < -0.4 is 14.5 Å². The fraction of sp³-hybridized carbons (Fsp3) is 0.667. The maximum absolute atomic E-state index is 5.83. The number of piperidine rings is 1. The first kappa shape index (κ1) is 24.2. The van der Waals surface area contributed by atoms with E-state index in [1.165, 1.54) is 5.56 Å². The van der Waals surface area contributed by atoms with Crippen LogP contribution in [0.3, 0.4) is 0 Å². The zero-order chi connectivity index (χ0) is 23.3. The highest BCUT2D eigenvalue weighted by atomic mass is 16.5. The molecule has 1 fully saturated rings. The molecule has 1 aliphatic heterocycles. The van der Waals surface area contributed by atoms with Crippen molar-refractivity contribution in [3.63, 3.8) is 0 Å². The predicted octanol–water partition coefficient (Wildman–Crippen LogP) is 3.13. The van der Waals surface area contributed by atoms with E-state index in [2.05, 4.69) is 59.6 Å². The molecule has 3 rings (SSSR count). The number of nitrogens with zero attached hydrogens (tertiary/aromatic N) is 7. The Kier molecular flexibility index (Phi) is 8.23. The Bertz CT molecular complexity index is 855. The lowest BCUT2D eigenvalue weighted by atomic mass is 10.0. The van der Waals surface area contributed by atoms with E-state index >= 15 is 0 Å². The third kappa shape index (κ3) is 6.28. The van der Waals surface area contributed by atoms with Gasteiger partial charge >= 0.3 is 0 Å². The first-order chi connectivity index (χ1) is 15.2. The van der Waals surface area contributed by atoms with E-state index in [1.807, 2.05) is 20.2 Å². The van der Waals surface area contributed by atoms with Gasteiger partial charge in [-0.3, -0.25) is 0 Å². The molecular weight excluding hydrogens is 402 g/mol.